The molecular formula is C14H20N4O3. The Morgan fingerprint density at radius 1 is 1.48 bits per heavy atom. The number of aromatic nitrogens is 2. The molecule has 3 rings (SSSR count). The number of carboxylic acids is 1. The first-order chi connectivity index (χ1) is 10.1. The molecule has 21 heavy (non-hydrogen) atoms. The minimum Gasteiger partial charge on any atom is -0.481 e. The van der Waals surface area contributed by atoms with E-state index < -0.39 is 11.9 Å². The van der Waals surface area contributed by atoms with Crippen molar-refractivity contribution in [2.45, 2.75) is 37.8 Å². The zero-order valence-corrected chi connectivity index (χ0v) is 12.0. The van der Waals surface area contributed by atoms with Crippen LogP contribution in [0, 0.1) is 5.92 Å². The van der Waals surface area contributed by atoms with Gasteiger partial charge in [0.1, 0.15) is 0 Å². The molecule has 1 aromatic rings. The van der Waals surface area contributed by atoms with E-state index in [1.807, 2.05) is 13.2 Å². The molecule has 114 valence electrons. The summed E-state index contributed by atoms with van der Waals surface area (Å²) in [5.41, 5.74) is 1.07. The molecule has 1 aromatic heterocycles. The predicted octanol–water partition coefficient (Wildman–Crippen LogP) is 0.610. The Kier molecular flexibility index (Phi) is 3.57. The molecule has 2 fully saturated rings. The van der Waals surface area contributed by atoms with E-state index in [1.54, 1.807) is 15.8 Å². The molecule has 0 spiro atoms. The van der Waals surface area contributed by atoms with E-state index in [-0.39, 0.29) is 18.1 Å². The van der Waals surface area contributed by atoms with Gasteiger partial charge >= 0.3 is 12.0 Å². The van der Waals surface area contributed by atoms with E-state index >= 15 is 0 Å². The van der Waals surface area contributed by atoms with Crippen LogP contribution < -0.4 is 5.32 Å². The third-order valence-electron chi connectivity index (χ3n) is 4.54. The van der Waals surface area contributed by atoms with Gasteiger partial charge in [0.2, 0.25) is 0 Å². The summed E-state index contributed by atoms with van der Waals surface area (Å²) in [7, 11) is 1.86. The quantitative estimate of drug-likeness (QED) is 0.851. The van der Waals surface area contributed by atoms with Crippen molar-refractivity contribution in [2.75, 3.05) is 6.54 Å². The van der Waals surface area contributed by atoms with Crippen molar-refractivity contribution in [1.82, 2.24) is 20.0 Å². The molecule has 3 unspecified atom stereocenters. The average Bonchev–Trinajstić information content (AvgIpc) is 3.12. The number of amides is 2. The molecule has 0 radical (unpaired) electrons. The summed E-state index contributed by atoms with van der Waals surface area (Å²) in [6.45, 7) is 0.540. The normalized spacial score (nSPS) is 27.1. The van der Waals surface area contributed by atoms with Crippen molar-refractivity contribution in [2.24, 2.45) is 13.0 Å². The van der Waals surface area contributed by atoms with Crippen molar-refractivity contribution >= 4 is 12.0 Å². The predicted molar refractivity (Wildman–Crippen MR) is 74.7 cm³/mol. The standard InChI is InChI=1S/C14H20N4O3/c1-17-8-9(7-16-17)4-5-15-14(21)18-10-2-3-12(18)11(6-10)13(19)20/h7-8,10-12H,2-6H2,1H3,(H,15,21)(H,19,20). The Balaban J connectivity index is 1.53. The first kappa shape index (κ1) is 13.9. The average molecular weight is 292 g/mol. The van der Waals surface area contributed by atoms with Crippen molar-refractivity contribution in [3.8, 4) is 0 Å². The second-order valence-electron chi connectivity index (χ2n) is 5.89. The largest absolute Gasteiger partial charge is 0.481 e. The number of nitrogens with zero attached hydrogens (tertiary/aromatic N) is 3. The van der Waals surface area contributed by atoms with Crippen LogP contribution in [-0.4, -0.2) is 50.4 Å². The number of carbonyl (C=O) groups is 2. The topological polar surface area (TPSA) is 87.5 Å². The van der Waals surface area contributed by atoms with E-state index in [9.17, 15) is 14.7 Å². The minimum absolute atomic E-state index is 0.0921. The van der Waals surface area contributed by atoms with Gasteiger partial charge in [-0.3, -0.25) is 9.48 Å². The molecule has 2 amide bonds. The number of fused-ring (bicyclic) bond motifs is 2. The van der Waals surface area contributed by atoms with E-state index in [1.165, 1.54) is 0 Å². The Bertz CT molecular complexity index is 556. The SMILES string of the molecule is Cn1cc(CCNC(=O)N2C3CCC2C(C(=O)O)C3)cn1. The van der Waals surface area contributed by atoms with Crippen LogP contribution in [0.2, 0.25) is 0 Å². The minimum atomic E-state index is -0.782. The van der Waals surface area contributed by atoms with Gasteiger partial charge in [-0.15, -0.1) is 0 Å². The first-order valence-corrected chi connectivity index (χ1v) is 7.32. The fourth-order valence-corrected chi connectivity index (χ4v) is 3.58. The van der Waals surface area contributed by atoms with Crippen LogP contribution >= 0.6 is 0 Å². The highest BCUT2D eigenvalue weighted by Crippen LogP contribution is 2.41. The Morgan fingerprint density at radius 2 is 2.29 bits per heavy atom. The lowest BCUT2D eigenvalue weighted by Crippen LogP contribution is -2.44. The summed E-state index contributed by atoms with van der Waals surface area (Å²) in [4.78, 5) is 25.2. The lowest BCUT2D eigenvalue weighted by Gasteiger charge is -2.23. The number of carboxylic acid groups (broad SMARTS) is 1. The van der Waals surface area contributed by atoms with Crippen LogP contribution in [-0.2, 0) is 18.3 Å². The van der Waals surface area contributed by atoms with Crippen molar-refractivity contribution in [3.05, 3.63) is 18.0 Å². The third kappa shape index (κ3) is 2.59. The number of hydrogen-bond acceptors (Lipinski definition) is 3. The van der Waals surface area contributed by atoms with Gasteiger partial charge in [0.15, 0.2) is 0 Å². The zero-order valence-electron chi connectivity index (χ0n) is 12.0. The van der Waals surface area contributed by atoms with Gasteiger partial charge in [0, 0.05) is 31.9 Å². The summed E-state index contributed by atoms with van der Waals surface area (Å²) in [5, 5.41) is 16.2. The van der Waals surface area contributed by atoms with Gasteiger partial charge in [0.25, 0.3) is 0 Å². The molecule has 2 aliphatic rings. The molecule has 0 aromatic carbocycles. The van der Waals surface area contributed by atoms with Gasteiger partial charge in [0.05, 0.1) is 12.1 Å². The van der Waals surface area contributed by atoms with Crippen molar-refractivity contribution in [1.29, 1.82) is 0 Å². The number of urea groups is 1. The summed E-state index contributed by atoms with van der Waals surface area (Å²) in [6, 6.07) is -0.171. The molecular weight excluding hydrogens is 272 g/mol. The number of rotatable bonds is 4. The summed E-state index contributed by atoms with van der Waals surface area (Å²) in [6.07, 6.45) is 6.75. The van der Waals surface area contributed by atoms with E-state index in [2.05, 4.69) is 10.4 Å². The Labute approximate surface area is 122 Å². The van der Waals surface area contributed by atoms with Crippen LogP contribution in [0.5, 0.6) is 0 Å². The number of hydrogen-bond donors (Lipinski definition) is 2. The molecule has 2 aliphatic heterocycles. The summed E-state index contributed by atoms with van der Waals surface area (Å²) in [5.74, 6) is -1.18. The Morgan fingerprint density at radius 3 is 2.90 bits per heavy atom. The maximum absolute atomic E-state index is 12.3. The maximum atomic E-state index is 12.3. The maximum Gasteiger partial charge on any atom is 0.317 e. The fraction of sp³-hybridized carbons (Fsp3) is 0.643. The second kappa shape index (κ2) is 5.38. The second-order valence-corrected chi connectivity index (χ2v) is 5.89. The molecule has 2 bridgehead atoms. The van der Waals surface area contributed by atoms with E-state index in [0.29, 0.717) is 13.0 Å². The molecule has 7 nitrogen and oxygen atoms in total. The first-order valence-electron chi connectivity index (χ1n) is 7.32. The highest BCUT2D eigenvalue weighted by Gasteiger charge is 2.51. The van der Waals surface area contributed by atoms with Gasteiger partial charge in [-0.05, 0) is 31.2 Å². The zero-order chi connectivity index (χ0) is 15.0. The lowest BCUT2D eigenvalue weighted by molar-refractivity contribution is -0.142. The van der Waals surface area contributed by atoms with Crippen LogP contribution in [0.4, 0.5) is 4.79 Å². The molecule has 3 heterocycles. The van der Waals surface area contributed by atoms with Crippen LogP contribution in [0.3, 0.4) is 0 Å². The Hall–Kier alpha value is -2.05. The van der Waals surface area contributed by atoms with Crippen LogP contribution in [0.1, 0.15) is 24.8 Å². The molecule has 3 atom stereocenters. The number of aryl methyl sites for hydroxylation is 1. The highest BCUT2D eigenvalue weighted by molar-refractivity contribution is 5.79. The molecule has 2 saturated heterocycles. The van der Waals surface area contributed by atoms with E-state index in [0.717, 1.165) is 24.8 Å². The number of nitrogens with one attached hydrogen (secondary N) is 1. The molecule has 0 saturated carbocycles. The van der Waals surface area contributed by atoms with Gasteiger partial charge in [-0.25, -0.2) is 4.79 Å². The van der Waals surface area contributed by atoms with Gasteiger partial charge in [-0.1, -0.05) is 0 Å². The number of carbonyl (C=O) groups excluding carboxylic acids is 1. The van der Waals surface area contributed by atoms with Crippen molar-refractivity contribution in [3.63, 3.8) is 0 Å². The lowest BCUT2D eigenvalue weighted by atomic mass is 9.89. The summed E-state index contributed by atoms with van der Waals surface area (Å²) >= 11 is 0. The van der Waals surface area contributed by atoms with Crippen LogP contribution in [0.15, 0.2) is 12.4 Å². The highest BCUT2D eigenvalue weighted by atomic mass is 16.4. The van der Waals surface area contributed by atoms with Crippen molar-refractivity contribution < 1.29 is 14.7 Å². The summed E-state index contributed by atoms with van der Waals surface area (Å²) < 4.78 is 1.73. The monoisotopic (exact) mass is 292 g/mol. The number of aliphatic carboxylic acids is 1. The molecule has 7 heteroatoms. The third-order valence-corrected chi connectivity index (χ3v) is 4.54. The smallest absolute Gasteiger partial charge is 0.317 e. The van der Waals surface area contributed by atoms with Gasteiger partial charge < -0.3 is 15.3 Å². The molecule has 2 N–H and O–H groups in total. The van der Waals surface area contributed by atoms with Crippen LogP contribution in [0.25, 0.3) is 0 Å². The fourth-order valence-electron chi connectivity index (χ4n) is 3.58. The molecule has 0 aliphatic carbocycles. The van der Waals surface area contributed by atoms with E-state index in [4.69, 9.17) is 0 Å². The van der Waals surface area contributed by atoms with Gasteiger partial charge in [-0.2, -0.15) is 5.10 Å².